The van der Waals surface area contributed by atoms with Gasteiger partial charge in [-0.2, -0.15) is 0 Å². The molecule has 0 spiro atoms. The van der Waals surface area contributed by atoms with E-state index in [0.29, 0.717) is 6.04 Å². The Morgan fingerprint density at radius 3 is 2.81 bits per heavy atom. The van der Waals surface area contributed by atoms with E-state index in [4.69, 9.17) is 0 Å². The molecule has 1 fully saturated rings. The van der Waals surface area contributed by atoms with E-state index in [-0.39, 0.29) is 5.82 Å². The van der Waals surface area contributed by atoms with Crippen molar-refractivity contribution in [3.8, 4) is 0 Å². The van der Waals surface area contributed by atoms with Crippen LogP contribution in [0.1, 0.15) is 31.7 Å². The van der Waals surface area contributed by atoms with Crippen molar-refractivity contribution in [3.05, 3.63) is 34.1 Å². The summed E-state index contributed by atoms with van der Waals surface area (Å²) in [5, 5.41) is 3.50. The maximum atomic E-state index is 13.1. The average Bonchev–Trinajstić information content (AvgIpc) is 2.60. The number of hydrogen-bond donors (Lipinski definition) is 1. The van der Waals surface area contributed by atoms with Gasteiger partial charge in [0, 0.05) is 17.1 Å². The van der Waals surface area contributed by atoms with Gasteiger partial charge < -0.3 is 5.32 Å². The highest BCUT2D eigenvalue weighted by Gasteiger charge is 2.20. The van der Waals surface area contributed by atoms with E-state index in [9.17, 15) is 4.39 Å². The summed E-state index contributed by atoms with van der Waals surface area (Å²) in [6.07, 6.45) is 3.80. The Kier molecular flexibility index (Phi) is 3.98. The molecule has 2 atom stereocenters. The van der Waals surface area contributed by atoms with Gasteiger partial charge in [0.2, 0.25) is 0 Å². The van der Waals surface area contributed by atoms with Crippen molar-refractivity contribution in [2.75, 3.05) is 0 Å². The number of halogens is 2. The standard InChI is InChI=1S/C13H17BrFN/c1-9-2-3-13(4-9)16-8-10-5-11(14)7-12(15)6-10/h5-7,9,13,16H,2-4,8H2,1H3. The molecule has 2 unspecified atom stereocenters. The van der Waals surface area contributed by atoms with Crippen molar-refractivity contribution in [1.29, 1.82) is 0 Å². The Morgan fingerprint density at radius 1 is 1.38 bits per heavy atom. The average molecular weight is 286 g/mol. The minimum atomic E-state index is -0.175. The van der Waals surface area contributed by atoms with Gasteiger partial charge in [-0.05, 0) is 48.9 Å². The van der Waals surface area contributed by atoms with Crippen molar-refractivity contribution in [2.45, 2.75) is 38.8 Å². The SMILES string of the molecule is CC1CCC(NCc2cc(F)cc(Br)c2)C1. The second-order valence-electron chi connectivity index (χ2n) is 4.77. The van der Waals surface area contributed by atoms with Crippen LogP contribution in [0.15, 0.2) is 22.7 Å². The topological polar surface area (TPSA) is 12.0 Å². The van der Waals surface area contributed by atoms with Gasteiger partial charge in [0.15, 0.2) is 0 Å². The molecule has 0 aliphatic heterocycles. The largest absolute Gasteiger partial charge is 0.310 e. The van der Waals surface area contributed by atoms with Crippen molar-refractivity contribution in [3.63, 3.8) is 0 Å². The zero-order valence-corrected chi connectivity index (χ0v) is 11.1. The Morgan fingerprint density at radius 2 is 2.19 bits per heavy atom. The fourth-order valence-electron chi connectivity index (χ4n) is 2.37. The molecule has 1 saturated carbocycles. The van der Waals surface area contributed by atoms with E-state index in [2.05, 4.69) is 28.2 Å². The summed E-state index contributed by atoms with van der Waals surface area (Å²) in [6, 6.07) is 5.66. The van der Waals surface area contributed by atoms with E-state index in [1.807, 2.05) is 6.07 Å². The molecular formula is C13H17BrFN. The third kappa shape index (κ3) is 3.29. The molecule has 2 rings (SSSR count). The van der Waals surface area contributed by atoms with Crippen LogP contribution in [0.25, 0.3) is 0 Å². The van der Waals surface area contributed by atoms with Gasteiger partial charge in [-0.25, -0.2) is 4.39 Å². The van der Waals surface area contributed by atoms with Gasteiger partial charge >= 0.3 is 0 Å². The van der Waals surface area contributed by atoms with Gasteiger partial charge in [0.05, 0.1) is 0 Å². The van der Waals surface area contributed by atoms with Crippen LogP contribution in [0.5, 0.6) is 0 Å². The summed E-state index contributed by atoms with van der Waals surface area (Å²) < 4.78 is 13.9. The first-order valence-electron chi connectivity index (χ1n) is 5.82. The molecule has 0 bridgehead atoms. The monoisotopic (exact) mass is 285 g/mol. The summed E-state index contributed by atoms with van der Waals surface area (Å²) in [6.45, 7) is 3.05. The van der Waals surface area contributed by atoms with Gasteiger partial charge in [0.25, 0.3) is 0 Å². The second-order valence-corrected chi connectivity index (χ2v) is 5.69. The lowest BCUT2D eigenvalue weighted by Gasteiger charge is -2.12. The Labute approximate surface area is 105 Å². The first-order chi connectivity index (χ1) is 7.63. The maximum absolute atomic E-state index is 13.1. The van der Waals surface area contributed by atoms with E-state index < -0.39 is 0 Å². The molecule has 88 valence electrons. The second kappa shape index (κ2) is 5.28. The predicted molar refractivity (Wildman–Crippen MR) is 67.7 cm³/mol. The molecular weight excluding hydrogens is 269 g/mol. The molecule has 0 saturated heterocycles. The molecule has 1 aliphatic rings. The maximum Gasteiger partial charge on any atom is 0.124 e. The fraction of sp³-hybridized carbons (Fsp3) is 0.538. The van der Waals surface area contributed by atoms with Crippen LogP contribution < -0.4 is 5.32 Å². The molecule has 1 aromatic rings. The van der Waals surface area contributed by atoms with Crippen LogP contribution in [0.2, 0.25) is 0 Å². The molecule has 1 aromatic carbocycles. The zero-order valence-electron chi connectivity index (χ0n) is 9.47. The fourth-order valence-corrected chi connectivity index (χ4v) is 2.88. The van der Waals surface area contributed by atoms with E-state index in [0.717, 1.165) is 22.5 Å². The quantitative estimate of drug-likeness (QED) is 0.889. The number of rotatable bonds is 3. The van der Waals surface area contributed by atoms with Gasteiger partial charge in [-0.15, -0.1) is 0 Å². The highest BCUT2D eigenvalue weighted by atomic mass is 79.9. The van der Waals surface area contributed by atoms with Crippen LogP contribution in [-0.4, -0.2) is 6.04 Å². The Balaban J connectivity index is 1.89. The lowest BCUT2D eigenvalue weighted by molar-refractivity contribution is 0.501. The predicted octanol–water partition coefficient (Wildman–Crippen LogP) is 3.87. The molecule has 0 radical (unpaired) electrons. The van der Waals surface area contributed by atoms with Crippen LogP contribution in [0, 0.1) is 11.7 Å². The molecule has 0 amide bonds. The number of hydrogen-bond acceptors (Lipinski definition) is 1. The molecule has 0 aromatic heterocycles. The van der Waals surface area contributed by atoms with Crippen molar-refractivity contribution in [2.24, 2.45) is 5.92 Å². The number of benzene rings is 1. The van der Waals surface area contributed by atoms with Gasteiger partial charge in [-0.1, -0.05) is 22.9 Å². The van der Waals surface area contributed by atoms with Crippen LogP contribution >= 0.6 is 15.9 Å². The van der Waals surface area contributed by atoms with Crippen molar-refractivity contribution in [1.82, 2.24) is 5.32 Å². The van der Waals surface area contributed by atoms with Crippen molar-refractivity contribution < 1.29 is 4.39 Å². The zero-order chi connectivity index (χ0) is 11.5. The number of nitrogens with one attached hydrogen (secondary N) is 1. The summed E-state index contributed by atoms with van der Waals surface area (Å²) in [5.41, 5.74) is 1.01. The lowest BCUT2D eigenvalue weighted by Crippen LogP contribution is -2.25. The normalized spacial score (nSPS) is 24.9. The Bertz CT molecular complexity index is 347. The van der Waals surface area contributed by atoms with Gasteiger partial charge in [0.1, 0.15) is 5.82 Å². The van der Waals surface area contributed by atoms with E-state index >= 15 is 0 Å². The smallest absolute Gasteiger partial charge is 0.124 e. The molecule has 1 N–H and O–H groups in total. The van der Waals surface area contributed by atoms with Crippen LogP contribution in [0.3, 0.4) is 0 Å². The molecule has 0 heterocycles. The Hall–Kier alpha value is -0.410. The molecule has 3 heteroatoms. The molecule has 1 nitrogen and oxygen atoms in total. The highest BCUT2D eigenvalue weighted by Crippen LogP contribution is 2.25. The first-order valence-corrected chi connectivity index (χ1v) is 6.61. The third-order valence-electron chi connectivity index (χ3n) is 3.21. The third-order valence-corrected chi connectivity index (χ3v) is 3.67. The van der Waals surface area contributed by atoms with Crippen LogP contribution in [0.4, 0.5) is 4.39 Å². The van der Waals surface area contributed by atoms with E-state index in [1.165, 1.54) is 25.3 Å². The highest BCUT2D eigenvalue weighted by molar-refractivity contribution is 9.10. The summed E-state index contributed by atoms with van der Waals surface area (Å²) in [5.74, 6) is 0.655. The molecule has 16 heavy (non-hydrogen) atoms. The first kappa shape index (κ1) is 12.1. The minimum Gasteiger partial charge on any atom is -0.310 e. The summed E-state index contributed by atoms with van der Waals surface area (Å²) in [4.78, 5) is 0. The van der Waals surface area contributed by atoms with Gasteiger partial charge in [-0.3, -0.25) is 0 Å². The van der Waals surface area contributed by atoms with Crippen LogP contribution in [-0.2, 0) is 6.54 Å². The summed E-state index contributed by atoms with van der Waals surface area (Å²) in [7, 11) is 0. The minimum absolute atomic E-state index is 0.175. The van der Waals surface area contributed by atoms with E-state index in [1.54, 1.807) is 6.07 Å². The molecule has 1 aliphatic carbocycles. The lowest BCUT2D eigenvalue weighted by atomic mass is 10.1. The van der Waals surface area contributed by atoms with Crippen molar-refractivity contribution >= 4 is 15.9 Å². The summed E-state index contributed by atoms with van der Waals surface area (Å²) >= 11 is 3.31.